The van der Waals surface area contributed by atoms with Crippen LogP contribution in [0.4, 0.5) is 5.82 Å². The van der Waals surface area contributed by atoms with Crippen LogP contribution in [0.5, 0.6) is 0 Å². The largest absolute Gasteiger partial charge is 0.394 e. The van der Waals surface area contributed by atoms with Gasteiger partial charge in [0.05, 0.1) is 18.0 Å². The van der Waals surface area contributed by atoms with Crippen LogP contribution in [-0.4, -0.2) is 28.0 Å². The van der Waals surface area contributed by atoms with E-state index in [1.54, 1.807) is 11.3 Å². The Kier molecular flexibility index (Phi) is 3.34. The Labute approximate surface area is 110 Å². The van der Waals surface area contributed by atoms with Gasteiger partial charge < -0.3 is 10.4 Å². The fourth-order valence-electron chi connectivity index (χ4n) is 1.94. The summed E-state index contributed by atoms with van der Waals surface area (Å²) in [5, 5.41) is 19.1. The number of hydrogen-bond donors (Lipinski definition) is 2. The lowest BCUT2D eigenvalue weighted by Gasteiger charge is -2.07. The van der Waals surface area contributed by atoms with Gasteiger partial charge in [-0.2, -0.15) is 5.10 Å². The molecule has 0 unspecified atom stereocenters. The van der Waals surface area contributed by atoms with Gasteiger partial charge in [-0.05, 0) is 30.2 Å². The second-order valence-electron chi connectivity index (χ2n) is 4.66. The van der Waals surface area contributed by atoms with E-state index in [9.17, 15) is 0 Å². The summed E-state index contributed by atoms with van der Waals surface area (Å²) in [7, 11) is 0. The van der Waals surface area contributed by atoms with Crippen molar-refractivity contribution in [3.8, 4) is 10.6 Å². The Morgan fingerprint density at radius 3 is 3.06 bits per heavy atom. The van der Waals surface area contributed by atoms with Crippen molar-refractivity contribution in [2.45, 2.75) is 19.4 Å². The highest BCUT2D eigenvalue weighted by atomic mass is 32.1. The predicted molar refractivity (Wildman–Crippen MR) is 73.8 cm³/mol. The third-order valence-corrected chi connectivity index (χ3v) is 4.03. The van der Waals surface area contributed by atoms with Gasteiger partial charge >= 0.3 is 0 Å². The molecule has 5 heteroatoms. The molecule has 3 rings (SSSR count). The molecule has 1 aliphatic rings. The minimum Gasteiger partial charge on any atom is -0.394 e. The van der Waals surface area contributed by atoms with Gasteiger partial charge in [0.15, 0.2) is 0 Å². The normalized spacial score (nSPS) is 14.9. The maximum atomic E-state index is 9.09. The predicted octanol–water partition coefficient (Wildman–Crippen LogP) is 2.43. The highest BCUT2D eigenvalue weighted by Gasteiger charge is 2.21. The van der Waals surface area contributed by atoms with Crippen LogP contribution in [0.1, 0.15) is 12.8 Å². The van der Waals surface area contributed by atoms with E-state index in [2.05, 4.69) is 27.9 Å². The number of hydrogen-bond acceptors (Lipinski definition) is 4. The summed E-state index contributed by atoms with van der Waals surface area (Å²) < 4.78 is 1.86. The summed E-state index contributed by atoms with van der Waals surface area (Å²) in [6.07, 6.45) is 2.66. The summed E-state index contributed by atoms with van der Waals surface area (Å²) in [6.45, 7) is 1.67. The number of aliphatic hydroxyl groups excluding tert-OH is 1. The Morgan fingerprint density at radius 1 is 1.50 bits per heavy atom. The summed E-state index contributed by atoms with van der Waals surface area (Å²) in [6, 6.07) is 6.17. The molecule has 2 aromatic heterocycles. The Hall–Kier alpha value is -1.33. The molecule has 2 N–H and O–H groups in total. The number of nitrogens with zero attached hydrogens (tertiary/aromatic N) is 2. The molecule has 0 spiro atoms. The van der Waals surface area contributed by atoms with Crippen molar-refractivity contribution >= 4 is 17.2 Å². The second kappa shape index (κ2) is 5.12. The van der Waals surface area contributed by atoms with E-state index in [0.29, 0.717) is 6.54 Å². The van der Waals surface area contributed by atoms with E-state index in [-0.39, 0.29) is 6.61 Å². The number of rotatable bonds is 6. The van der Waals surface area contributed by atoms with Crippen molar-refractivity contribution in [1.29, 1.82) is 0 Å². The van der Waals surface area contributed by atoms with Crippen molar-refractivity contribution in [2.75, 3.05) is 18.5 Å². The highest BCUT2D eigenvalue weighted by molar-refractivity contribution is 7.13. The molecule has 0 radical (unpaired) electrons. The molecule has 0 aromatic carbocycles. The zero-order valence-electron chi connectivity index (χ0n) is 10.2. The van der Waals surface area contributed by atoms with Crippen molar-refractivity contribution in [3.05, 3.63) is 23.6 Å². The second-order valence-corrected chi connectivity index (χ2v) is 5.61. The monoisotopic (exact) mass is 263 g/mol. The van der Waals surface area contributed by atoms with E-state index >= 15 is 0 Å². The number of aliphatic hydroxyl groups is 1. The average Bonchev–Trinajstić information content (AvgIpc) is 2.90. The molecule has 96 valence electrons. The Balaban J connectivity index is 1.80. The Bertz CT molecular complexity index is 502. The van der Waals surface area contributed by atoms with Gasteiger partial charge in [0.2, 0.25) is 0 Å². The molecule has 0 saturated heterocycles. The van der Waals surface area contributed by atoms with Crippen molar-refractivity contribution < 1.29 is 5.11 Å². The average molecular weight is 263 g/mol. The summed E-state index contributed by atoms with van der Waals surface area (Å²) in [5.41, 5.74) is 0.983. The zero-order chi connectivity index (χ0) is 12.4. The van der Waals surface area contributed by atoms with Gasteiger partial charge in [0.25, 0.3) is 0 Å². The first-order valence-electron chi connectivity index (χ1n) is 6.33. The van der Waals surface area contributed by atoms with Crippen molar-refractivity contribution in [2.24, 2.45) is 5.92 Å². The van der Waals surface area contributed by atoms with Crippen LogP contribution in [0.3, 0.4) is 0 Å². The van der Waals surface area contributed by atoms with Gasteiger partial charge in [-0.25, -0.2) is 4.68 Å². The summed E-state index contributed by atoms with van der Waals surface area (Å²) in [4.78, 5) is 1.17. The van der Waals surface area contributed by atoms with Crippen LogP contribution < -0.4 is 5.32 Å². The molecule has 0 amide bonds. The first-order chi connectivity index (χ1) is 8.86. The van der Waals surface area contributed by atoms with E-state index in [4.69, 9.17) is 5.11 Å². The highest BCUT2D eigenvalue weighted by Crippen LogP contribution is 2.30. The van der Waals surface area contributed by atoms with Gasteiger partial charge in [0.1, 0.15) is 11.5 Å². The lowest BCUT2D eigenvalue weighted by molar-refractivity contribution is 0.270. The molecule has 0 aliphatic heterocycles. The van der Waals surface area contributed by atoms with Crippen LogP contribution >= 0.6 is 11.3 Å². The molecule has 18 heavy (non-hydrogen) atoms. The van der Waals surface area contributed by atoms with Crippen LogP contribution in [0.25, 0.3) is 10.6 Å². The molecule has 0 atom stereocenters. The fourth-order valence-corrected chi connectivity index (χ4v) is 2.62. The van der Waals surface area contributed by atoms with Gasteiger partial charge in [-0.3, -0.25) is 0 Å². The minimum atomic E-state index is 0.115. The molecule has 2 heterocycles. The van der Waals surface area contributed by atoms with E-state index < -0.39 is 0 Å². The molecule has 4 nitrogen and oxygen atoms in total. The maximum Gasteiger partial charge on any atom is 0.125 e. The van der Waals surface area contributed by atoms with Crippen molar-refractivity contribution in [3.63, 3.8) is 0 Å². The van der Waals surface area contributed by atoms with Crippen LogP contribution in [0.15, 0.2) is 23.6 Å². The number of anilines is 1. The SMILES string of the molecule is OCCn1nc(-c2cccs2)cc1NCC1CC1. The molecule has 1 aliphatic carbocycles. The third kappa shape index (κ3) is 2.57. The first-order valence-corrected chi connectivity index (χ1v) is 7.21. The number of aromatic nitrogens is 2. The van der Waals surface area contributed by atoms with Gasteiger partial charge in [0, 0.05) is 12.6 Å². The molecule has 1 fully saturated rings. The summed E-state index contributed by atoms with van der Waals surface area (Å²) >= 11 is 1.69. The Morgan fingerprint density at radius 2 is 2.39 bits per heavy atom. The quantitative estimate of drug-likeness (QED) is 0.841. The molecule has 1 saturated carbocycles. The van der Waals surface area contributed by atoms with Crippen molar-refractivity contribution in [1.82, 2.24) is 9.78 Å². The first kappa shape index (κ1) is 11.7. The maximum absolute atomic E-state index is 9.09. The molecular formula is C13H17N3OS. The lowest BCUT2D eigenvalue weighted by atomic mass is 10.3. The van der Waals surface area contributed by atoms with Crippen LogP contribution in [0, 0.1) is 5.92 Å². The van der Waals surface area contributed by atoms with E-state index in [1.165, 1.54) is 17.7 Å². The fraction of sp³-hybridized carbons (Fsp3) is 0.462. The number of thiophene rings is 1. The lowest BCUT2D eigenvalue weighted by Crippen LogP contribution is -2.11. The topological polar surface area (TPSA) is 50.1 Å². The van der Waals surface area contributed by atoms with E-state index in [0.717, 1.165) is 24.0 Å². The smallest absolute Gasteiger partial charge is 0.125 e. The molecular weight excluding hydrogens is 246 g/mol. The van der Waals surface area contributed by atoms with E-state index in [1.807, 2.05) is 10.7 Å². The van der Waals surface area contributed by atoms with Gasteiger partial charge in [-0.1, -0.05) is 6.07 Å². The zero-order valence-corrected chi connectivity index (χ0v) is 11.0. The van der Waals surface area contributed by atoms with Crippen LogP contribution in [-0.2, 0) is 6.54 Å². The molecule has 2 aromatic rings. The standard InChI is InChI=1S/C13H17N3OS/c17-6-5-16-13(14-9-10-3-4-10)8-11(15-16)12-2-1-7-18-12/h1-2,7-8,10,14,17H,3-6,9H2. The van der Waals surface area contributed by atoms with Crippen LogP contribution in [0.2, 0.25) is 0 Å². The molecule has 0 bridgehead atoms. The van der Waals surface area contributed by atoms with Gasteiger partial charge in [-0.15, -0.1) is 11.3 Å². The number of nitrogens with one attached hydrogen (secondary N) is 1. The summed E-state index contributed by atoms with van der Waals surface area (Å²) in [5.74, 6) is 1.84. The minimum absolute atomic E-state index is 0.115. The third-order valence-electron chi connectivity index (χ3n) is 3.13.